The average Bonchev–Trinajstić information content (AvgIpc) is 2.36. The summed E-state index contributed by atoms with van der Waals surface area (Å²) in [5, 5.41) is 2.84. The number of thioether (sulfide) groups is 1. The molecule has 5 heteroatoms. The average molecular weight is 266 g/mol. The quantitative estimate of drug-likeness (QED) is 0.688. The van der Waals surface area contributed by atoms with Gasteiger partial charge in [-0.05, 0) is 12.0 Å². The van der Waals surface area contributed by atoms with Gasteiger partial charge in [0.25, 0.3) is 0 Å². The molecular formula is C13H18N2O2S. The van der Waals surface area contributed by atoms with Gasteiger partial charge in [0.15, 0.2) is 0 Å². The lowest BCUT2D eigenvalue weighted by molar-refractivity contribution is -0.119. The Morgan fingerprint density at radius 1 is 1.22 bits per heavy atom. The number of amides is 2. The van der Waals surface area contributed by atoms with Crippen molar-refractivity contribution in [3.05, 3.63) is 35.9 Å². The van der Waals surface area contributed by atoms with E-state index in [-0.39, 0.29) is 11.8 Å². The van der Waals surface area contributed by atoms with E-state index in [2.05, 4.69) is 5.32 Å². The van der Waals surface area contributed by atoms with E-state index in [0.717, 1.165) is 6.42 Å². The van der Waals surface area contributed by atoms with Crippen LogP contribution in [0.2, 0.25) is 0 Å². The molecule has 1 aromatic rings. The molecule has 0 saturated heterocycles. The Bertz CT molecular complexity index is 382. The van der Waals surface area contributed by atoms with Gasteiger partial charge in [-0.2, -0.15) is 11.8 Å². The third-order valence-electron chi connectivity index (χ3n) is 2.30. The van der Waals surface area contributed by atoms with Gasteiger partial charge in [-0.15, -0.1) is 0 Å². The summed E-state index contributed by atoms with van der Waals surface area (Å²) >= 11 is 1.42. The summed E-state index contributed by atoms with van der Waals surface area (Å²) in [5.41, 5.74) is 6.21. The fraction of sp³-hybridized carbons (Fsp3) is 0.385. The van der Waals surface area contributed by atoms with Crippen molar-refractivity contribution in [2.75, 3.05) is 18.1 Å². The molecule has 0 fully saturated rings. The van der Waals surface area contributed by atoms with E-state index in [9.17, 15) is 9.59 Å². The van der Waals surface area contributed by atoms with Gasteiger partial charge in [-0.3, -0.25) is 9.59 Å². The zero-order valence-electron chi connectivity index (χ0n) is 10.2. The Morgan fingerprint density at radius 2 is 1.94 bits per heavy atom. The van der Waals surface area contributed by atoms with E-state index in [4.69, 9.17) is 5.73 Å². The number of rotatable bonds is 8. The Labute approximate surface area is 111 Å². The van der Waals surface area contributed by atoms with Crippen molar-refractivity contribution in [3.8, 4) is 0 Å². The van der Waals surface area contributed by atoms with Gasteiger partial charge < -0.3 is 11.1 Å². The first kappa shape index (κ1) is 14.6. The SMILES string of the molecule is NC(=O)CCSCC(=O)NCCc1ccccc1. The number of hydrogen-bond acceptors (Lipinski definition) is 3. The van der Waals surface area contributed by atoms with E-state index >= 15 is 0 Å². The first-order valence-electron chi connectivity index (χ1n) is 5.85. The molecule has 98 valence electrons. The maximum Gasteiger partial charge on any atom is 0.230 e. The molecule has 0 aliphatic rings. The minimum absolute atomic E-state index is 0.000372. The summed E-state index contributed by atoms with van der Waals surface area (Å²) in [6.07, 6.45) is 1.15. The summed E-state index contributed by atoms with van der Waals surface area (Å²) in [5.74, 6) is 0.649. The molecule has 0 aliphatic carbocycles. The van der Waals surface area contributed by atoms with Crippen LogP contribution in [-0.2, 0) is 16.0 Å². The molecule has 0 aliphatic heterocycles. The first-order chi connectivity index (χ1) is 8.68. The topological polar surface area (TPSA) is 72.2 Å². The summed E-state index contributed by atoms with van der Waals surface area (Å²) in [6, 6.07) is 10.0. The van der Waals surface area contributed by atoms with Gasteiger partial charge in [0.05, 0.1) is 5.75 Å². The molecule has 0 unspecified atom stereocenters. The molecule has 3 N–H and O–H groups in total. The number of nitrogens with two attached hydrogens (primary N) is 1. The van der Waals surface area contributed by atoms with Gasteiger partial charge >= 0.3 is 0 Å². The molecular weight excluding hydrogens is 248 g/mol. The first-order valence-corrected chi connectivity index (χ1v) is 7.00. The van der Waals surface area contributed by atoms with Crippen LogP contribution in [-0.4, -0.2) is 29.9 Å². The molecule has 0 heterocycles. The number of benzene rings is 1. The fourth-order valence-electron chi connectivity index (χ4n) is 1.38. The summed E-state index contributed by atoms with van der Waals surface area (Å²) < 4.78 is 0. The van der Waals surface area contributed by atoms with Crippen LogP contribution < -0.4 is 11.1 Å². The van der Waals surface area contributed by atoms with E-state index < -0.39 is 0 Å². The highest BCUT2D eigenvalue weighted by atomic mass is 32.2. The molecule has 2 amide bonds. The van der Waals surface area contributed by atoms with Crippen molar-refractivity contribution in [2.24, 2.45) is 5.73 Å². The van der Waals surface area contributed by atoms with Crippen LogP contribution in [0.3, 0.4) is 0 Å². The number of hydrogen-bond donors (Lipinski definition) is 2. The number of nitrogens with one attached hydrogen (secondary N) is 1. The minimum atomic E-state index is -0.327. The fourth-order valence-corrected chi connectivity index (χ4v) is 2.16. The Morgan fingerprint density at radius 3 is 2.61 bits per heavy atom. The van der Waals surface area contributed by atoms with Crippen LogP contribution in [0.15, 0.2) is 30.3 Å². The Hall–Kier alpha value is -1.49. The summed E-state index contributed by atoms with van der Waals surface area (Å²) in [4.78, 5) is 21.9. The van der Waals surface area contributed by atoms with Crippen LogP contribution in [0.1, 0.15) is 12.0 Å². The van der Waals surface area contributed by atoms with Crippen LogP contribution >= 0.6 is 11.8 Å². The van der Waals surface area contributed by atoms with E-state index in [1.807, 2.05) is 30.3 Å². The molecule has 18 heavy (non-hydrogen) atoms. The summed E-state index contributed by atoms with van der Waals surface area (Å²) in [7, 11) is 0. The van der Waals surface area contributed by atoms with Crippen molar-refractivity contribution in [3.63, 3.8) is 0 Å². The monoisotopic (exact) mass is 266 g/mol. The second-order valence-electron chi connectivity index (χ2n) is 3.85. The van der Waals surface area contributed by atoms with Gasteiger partial charge in [-0.1, -0.05) is 30.3 Å². The van der Waals surface area contributed by atoms with E-state index in [0.29, 0.717) is 24.5 Å². The highest BCUT2D eigenvalue weighted by Crippen LogP contribution is 2.02. The minimum Gasteiger partial charge on any atom is -0.370 e. The van der Waals surface area contributed by atoms with Crippen molar-refractivity contribution in [2.45, 2.75) is 12.8 Å². The normalized spacial score (nSPS) is 10.0. The van der Waals surface area contributed by atoms with Gasteiger partial charge in [0.2, 0.25) is 11.8 Å². The van der Waals surface area contributed by atoms with Crippen molar-refractivity contribution < 1.29 is 9.59 Å². The van der Waals surface area contributed by atoms with Crippen LogP contribution in [0.25, 0.3) is 0 Å². The lowest BCUT2D eigenvalue weighted by Gasteiger charge is -2.05. The maximum absolute atomic E-state index is 11.4. The number of carbonyl (C=O) groups excluding carboxylic acids is 2. The van der Waals surface area contributed by atoms with Gasteiger partial charge in [-0.25, -0.2) is 0 Å². The van der Waals surface area contributed by atoms with E-state index in [1.165, 1.54) is 17.3 Å². The molecule has 0 bridgehead atoms. The smallest absolute Gasteiger partial charge is 0.230 e. The maximum atomic E-state index is 11.4. The Balaban J connectivity index is 2.05. The Kier molecular flexibility index (Phi) is 6.94. The zero-order valence-corrected chi connectivity index (χ0v) is 11.0. The van der Waals surface area contributed by atoms with Crippen molar-refractivity contribution >= 4 is 23.6 Å². The standard InChI is InChI=1S/C13H18N2O2S/c14-12(16)7-9-18-10-13(17)15-8-6-11-4-2-1-3-5-11/h1-5H,6-10H2,(H2,14,16)(H,15,17). The highest BCUT2D eigenvalue weighted by molar-refractivity contribution is 7.99. The van der Waals surface area contributed by atoms with Crippen LogP contribution in [0.5, 0.6) is 0 Å². The largest absolute Gasteiger partial charge is 0.370 e. The van der Waals surface area contributed by atoms with Gasteiger partial charge in [0, 0.05) is 18.7 Å². The molecule has 1 rings (SSSR count). The van der Waals surface area contributed by atoms with Crippen molar-refractivity contribution in [1.82, 2.24) is 5.32 Å². The number of carbonyl (C=O) groups is 2. The second-order valence-corrected chi connectivity index (χ2v) is 4.96. The summed E-state index contributed by atoms with van der Waals surface area (Å²) in [6.45, 7) is 0.638. The molecule has 4 nitrogen and oxygen atoms in total. The van der Waals surface area contributed by atoms with Crippen LogP contribution in [0.4, 0.5) is 0 Å². The van der Waals surface area contributed by atoms with Crippen LogP contribution in [0, 0.1) is 0 Å². The molecule has 1 aromatic carbocycles. The van der Waals surface area contributed by atoms with Crippen molar-refractivity contribution in [1.29, 1.82) is 0 Å². The zero-order chi connectivity index (χ0) is 13.2. The lowest BCUT2D eigenvalue weighted by Crippen LogP contribution is -2.27. The molecule has 0 atom stereocenters. The third-order valence-corrected chi connectivity index (χ3v) is 3.26. The number of primary amides is 1. The van der Waals surface area contributed by atoms with Gasteiger partial charge in [0.1, 0.15) is 0 Å². The highest BCUT2D eigenvalue weighted by Gasteiger charge is 2.02. The van der Waals surface area contributed by atoms with E-state index in [1.54, 1.807) is 0 Å². The second kappa shape index (κ2) is 8.58. The molecule has 0 aromatic heterocycles. The molecule has 0 saturated carbocycles. The predicted octanol–water partition coefficient (Wildman–Crippen LogP) is 0.954. The lowest BCUT2D eigenvalue weighted by atomic mass is 10.1. The third kappa shape index (κ3) is 6.96. The predicted molar refractivity (Wildman–Crippen MR) is 74.3 cm³/mol. The molecule has 0 radical (unpaired) electrons. The molecule has 0 spiro atoms.